The van der Waals surface area contributed by atoms with Gasteiger partial charge in [0.15, 0.2) is 0 Å². The van der Waals surface area contributed by atoms with Crippen molar-refractivity contribution in [3.63, 3.8) is 0 Å². The van der Waals surface area contributed by atoms with Gasteiger partial charge in [-0.25, -0.2) is 14.4 Å². The summed E-state index contributed by atoms with van der Waals surface area (Å²) < 4.78 is 13.0. The molecule has 1 amide bonds. The number of carbonyl (C=O) groups excluding carboxylic acids is 1. The maximum absolute atomic E-state index is 13.0. The van der Waals surface area contributed by atoms with Gasteiger partial charge in [-0.3, -0.25) is 4.79 Å². The van der Waals surface area contributed by atoms with Crippen LogP contribution >= 0.6 is 0 Å². The van der Waals surface area contributed by atoms with Crippen LogP contribution in [-0.2, 0) is 6.42 Å². The number of amides is 1. The lowest BCUT2D eigenvalue weighted by molar-refractivity contribution is 0.0949. The number of benzene rings is 2. The Labute approximate surface area is 170 Å². The third-order valence-electron chi connectivity index (χ3n) is 4.66. The molecule has 0 atom stereocenters. The first-order valence-electron chi connectivity index (χ1n) is 9.66. The fraction of sp³-hybridized carbons (Fsp3) is 0.261. The summed E-state index contributed by atoms with van der Waals surface area (Å²) in [5, 5.41) is 6.11. The van der Waals surface area contributed by atoms with Crippen molar-refractivity contribution in [3.05, 3.63) is 82.9 Å². The number of hydrogen-bond acceptors (Lipinski definition) is 4. The van der Waals surface area contributed by atoms with Gasteiger partial charge in [-0.05, 0) is 54.2 Å². The molecule has 1 aromatic heterocycles. The van der Waals surface area contributed by atoms with E-state index in [-0.39, 0.29) is 11.7 Å². The van der Waals surface area contributed by atoms with Gasteiger partial charge in [-0.15, -0.1) is 0 Å². The molecule has 0 bridgehead atoms. The van der Waals surface area contributed by atoms with Crippen LogP contribution in [0.2, 0.25) is 0 Å². The monoisotopic (exact) mass is 392 g/mol. The number of nitrogens with zero attached hydrogens (tertiary/aromatic N) is 2. The molecule has 3 rings (SSSR count). The van der Waals surface area contributed by atoms with Crippen LogP contribution in [0, 0.1) is 12.7 Å². The summed E-state index contributed by atoms with van der Waals surface area (Å²) in [6.07, 6.45) is 2.18. The molecule has 0 fully saturated rings. The first kappa shape index (κ1) is 20.5. The van der Waals surface area contributed by atoms with E-state index in [0.29, 0.717) is 30.5 Å². The number of hydrogen-bond donors (Lipinski definition) is 2. The molecule has 6 heteroatoms. The van der Waals surface area contributed by atoms with Crippen molar-refractivity contribution in [2.75, 3.05) is 11.9 Å². The van der Waals surface area contributed by atoms with Crippen molar-refractivity contribution in [2.24, 2.45) is 0 Å². The van der Waals surface area contributed by atoms with Crippen molar-refractivity contribution in [1.29, 1.82) is 0 Å². The zero-order chi connectivity index (χ0) is 20.8. The maximum atomic E-state index is 13.0. The first-order valence-corrected chi connectivity index (χ1v) is 9.66. The van der Waals surface area contributed by atoms with Crippen molar-refractivity contribution in [1.82, 2.24) is 15.3 Å². The smallest absolute Gasteiger partial charge is 0.270 e. The van der Waals surface area contributed by atoms with Crippen LogP contribution in [0.5, 0.6) is 0 Å². The number of aryl methyl sites for hydroxylation is 1. The quantitative estimate of drug-likeness (QED) is 0.608. The Morgan fingerprint density at radius 1 is 1.10 bits per heavy atom. The van der Waals surface area contributed by atoms with E-state index in [0.717, 1.165) is 16.8 Å². The number of anilines is 2. The molecular weight excluding hydrogens is 367 g/mol. The molecule has 2 aromatic carbocycles. The Morgan fingerprint density at radius 3 is 2.59 bits per heavy atom. The van der Waals surface area contributed by atoms with Gasteiger partial charge in [-0.1, -0.05) is 44.2 Å². The van der Waals surface area contributed by atoms with Gasteiger partial charge >= 0.3 is 0 Å². The molecule has 0 aliphatic carbocycles. The Bertz CT molecular complexity index is 986. The first-order chi connectivity index (χ1) is 13.9. The highest BCUT2D eigenvalue weighted by molar-refractivity contribution is 5.92. The highest BCUT2D eigenvalue weighted by Crippen LogP contribution is 2.29. The summed E-state index contributed by atoms with van der Waals surface area (Å²) in [6.45, 7) is 6.73. The second-order valence-corrected chi connectivity index (χ2v) is 7.22. The molecule has 5 nitrogen and oxygen atoms in total. The van der Waals surface area contributed by atoms with Gasteiger partial charge in [0.1, 0.15) is 11.5 Å². The van der Waals surface area contributed by atoms with Crippen LogP contribution in [0.15, 0.2) is 54.7 Å². The molecule has 150 valence electrons. The summed E-state index contributed by atoms with van der Waals surface area (Å²) in [7, 11) is 0. The Balaban J connectivity index is 1.66. The average molecular weight is 392 g/mol. The van der Waals surface area contributed by atoms with E-state index >= 15 is 0 Å². The predicted molar refractivity (Wildman–Crippen MR) is 113 cm³/mol. The molecule has 1 heterocycles. The summed E-state index contributed by atoms with van der Waals surface area (Å²) in [6, 6.07) is 14.0. The number of carbonyl (C=O) groups is 1. The molecule has 0 aliphatic heterocycles. The van der Waals surface area contributed by atoms with Gasteiger partial charge in [0.05, 0.1) is 0 Å². The standard InChI is InChI=1S/C23H25FN4O/c1-15(2)19-6-4-5-16(3)21(19)28-23-26-14-12-20(27-23)22(29)25-13-11-17-7-9-18(24)10-8-17/h4-10,12,14-15H,11,13H2,1-3H3,(H,25,29)(H,26,27,28). The summed E-state index contributed by atoms with van der Waals surface area (Å²) >= 11 is 0. The summed E-state index contributed by atoms with van der Waals surface area (Å²) in [5.41, 5.74) is 4.48. The maximum Gasteiger partial charge on any atom is 0.270 e. The van der Waals surface area contributed by atoms with E-state index in [1.807, 2.05) is 19.1 Å². The normalized spacial score (nSPS) is 10.8. The molecule has 29 heavy (non-hydrogen) atoms. The van der Waals surface area contributed by atoms with E-state index in [2.05, 4.69) is 40.5 Å². The van der Waals surface area contributed by atoms with Crippen LogP contribution in [0.3, 0.4) is 0 Å². The summed E-state index contributed by atoms with van der Waals surface area (Å²) in [4.78, 5) is 21.1. The topological polar surface area (TPSA) is 66.9 Å². The Hall–Kier alpha value is -3.28. The van der Waals surface area contributed by atoms with Crippen molar-refractivity contribution in [2.45, 2.75) is 33.1 Å². The molecule has 0 unspecified atom stereocenters. The van der Waals surface area contributed by atoms with Crippen molar-refractivity contribution >= 4 is 17.5 Å². The highest BCUT2D eigenvalue weighted by atomic mass is 19.1. The van der Waals surface area contributed by atoms with Crippen LogP contribution in [-0.4, -0.2) is 22.4 Å². The molecule has 0 aliphatic rings. The minimum Gasteiger partial charge on any atom is -0.350 e. The molecule has 0 saturated heterocycles. The third-order valence-corrected chi connectivity index (χ3v) is 4.66. The Morgan fingerprint density at radius 2 is 1.86 bits per heavy atom. The van der Waals surface area contributed by atoms with Gasteiger partial charge in [0.25, 0.3) is 5.91 Å². The number of para-hydroxylation sites is 1. The number of halogens is 1. The molecule has 0 saturated carbocycles. The van der Waals surface area contributed by atoms with E-state index in [4.69, 9.17) is 0 Å². The van der Waals surface area contributed by atoms with E-state index in [9.17, 15) is 9.18 Å². The largest absolute Gasteiger partial charge is 0.350 e. The van der Waals surface area contributed by atoms with E-state index in [1.165, 1.54) is 17.7 Å². The lowest BCUT2D eigenvalue weighted by atomic mass is 9.98. The van der Waals surface area contributed by atoms with E-state index in [1.54, 1.807) is 24.4 Å². The predicted octanol–water partition coefficient (Wildman–Crippen LogP) is 4.76. The van der Waals surface area contributed by atoms with Gasteiger partial charge in [-0.2, -0.15) is 0 Å². The second kappa shape index (κ2) is 9.28. The lowest BCUT2D eigenvalue weighted by Crippen LogP contribution is -2.26. The van der Waals surface area contributed by atoms with E-state index < -0.39 is 0 Å². The zero-order valence-corrected chi connectivity index (χ0v) is 16.9. The second-order valence-electron chi connectivity index (χ2n) is 7.22. The summed E-state index contributed by atoms with van der Waals surface area (Å²) in [5.74, 6) is 0.183. The number of aromatic nitrogens is 2. The van der Waals surface area contributed by atoms with Gasteiger partial charge < -0.3 is 10.6 Å². The van der Waals surface area contributed by atoms with Crippen LogP contribution < -0.4 is 10.6 Å². The number of nitrogens with one attached hydrogen (secondary N) is 2. The van der Waals surface area contributed by atoms with Gasteiger partial charge in [0.2, 0.25) is 5.95 Å². The highest BCUT2D eigenvalue weighted by Gasteiger charge is 2.12. The van der Waals surface area contributed by atoms with Crippen molar-refractivity contribution < 1.29 is 9.18 Å². The fourth-order valence-corrected chi connectivity index (χ4v) is 3.06. The minimum atomic E-state index is -0.272. The SMILES string of the molecule is Cc1cccc(C(C)C)c1Nc1nccc(C(=O)NCCc2ccc(F)cc2)n1. The van der Waals surface area contributed by atoms with Crippen LogP contribution in [0.4, 0.5) is 16.0 Å². The van der Waals surface area contributed by atoms with Crippen LogP contribution in [0.25, 0.3) is 0 Å². The third kappa shape index (κ3) is 5.38. The molecule has 0 spiro atoms. The van der Waals surface area contributed by atoms with Gasteiger partial charge in [0, 0.05) is 18.4 Å². The van der Waals surface area contributed by atoms with Crippen molar-refractivity contribution in [3.8, 4) is 0 Å². The minimum absolute atomic E-state index is 0.270. The number of rotatable bonds is 7. The molecule has 2 N–H and O–H groups in total. The average Bonchev–Trinajstić information content (AvgIpc) is 2.71. The molecule has 3 aromatic rings. The molecule has 0 radical (unpaired) electrons. The zero-order valence-electron chi connectivity index (χ0n) is 16.9. The van der Waals surface area contributed by atoms with Crippen LogP contribution in [0.1, 0.15) is 46.9 Å². The molecular formula is C23H25FN4O. The Kier molecular flexibility index (Phi) is 6.54. The lowest BCUT2D eigenvalue weighted by Gasteiger charge is -2.16. The fourth-order valence-electron chi connectivity index (χ4n) is 3.06.